The van der Waals surface area contributed by atoms with E-state index in [1.54, 1.807) is 0 Å². The molecule has 2 amide bonds. The van der Waals surface area contributed by atoms with Crippen LogP contribution in [-0.4, -0.2) is 60.9 Å². The van der Waals surface area contributed by atoms with Crippen LogP contribution in [0.2, 0.25) is 0 Å². The van der Waals surface area contributed by atoms with Gasteiger partial charge in [0.05, 0.1) is 5.92 Å². The number of nitrogens with zero attached hydrogens (tertiary/aromatic N) is 2. The molecule has 2 saturated heterocycles. The Morgan fingerprint density at radius 2 is 1.84 bits per heavy atom. The lowest BCUT2D eigenvalue weighted by molar-refractivity contribution is -0.129. The summed E-state index contributed by atoms with van der Waals surface area (Å²) < 4.78 is 0. The third-order valence-corrected chi connectivity index (χ3v) is 5.27. The summed E-state index contributed by atoms with van der Waals surface area (Å²) in [5.74, 6) is -0.0516. The first kappa shape index (κ1) is 17.9. The van der Waals surface area contributed by atoms with E-state index in [2.05, 4.69) is 22.3 Å². The summed E-state index contributed by atoms with van der Waals surface area (Å²) >= 11 is 0. The number of hydrogen-bond acceptors (Lipinski definition) is 3. The third-order valence-electron chi connectivity index (χ3n) is 5.27. The molecule has 136 valence electrons. The molecule has 1 unspecified atom stereocenters. The Hall–Kier alpha value is -1.88. The van der Waals surface area contributed by atoms with Crippen LogP contribution in [0.1, 0.15) is 31.2 Å². The van der Waals surface area contributed by atoms with Crippen molar-refractivity contribution in [3.8, 4) is 0 Å². The Morgan fingerprint density at radius 3 is 2.60 bits per heavy atom. The largest absolute Gasteiger partial charge is 0.355 e. The minimum Gasteiger partial charge on any atom is -0.355 e. The molecule has 1 atom stereocenters. The molecular formula is C20H29N3O2. The minimum atomic E-state index is -0.190. The van der Waals surface area contributed by atoms with Gasteiger partial charge in [0.25, 0.3) is 0 Å². The van der Waals surface area contributed by atoms with Crippen molar-refractivity contribution >= 4 is 11.8 Å². The van der Waals surface area contributed by atoms with Crippen molar-refractivity contribution in [1.82, 2.24) is 15.1 Å². The molecule has 2 aliphatic rings. The Balaban J connectivity index is 1.38. The van der Waals surface area contributed by atoms with E-state index in [1.165, 1.54) is 24.8 Å². The lowest BCUT2D eigenvalue weighted by Gasteiger charge is -2.26. The summed E-state index contributed by atoms with van der Waals surface area (Å²) in [6.45, 7) is 5.15. The summed E-state index contributed by atoms with van der Waals surface area (Å²) in [6.07, 6.45) is 5.05. The Kier molecular flexibility index (Phi) is 6.45. The molecule has 0 spiro atoms. The number of nitrogens with one attached hydrogen (secondary N) is 1. The zero-order valence-corrected chi connectivity index (χ0v) is 15.0. The fourth-order valence-corrected chi connectivity index (χ4v) is 3.74. The average molecular weight is 343 g/mol. The number of carbonyl (C=O) groups excluding carboxylic acids is 2. The topological polar surface area (TPSA) is 52.7 Å². The quantitative estimate of drug-likeness (QED) is 0.819. The van der Waals surface area contributed by atoms with Crippen molar-refractivity contribution in [2.45, 2.75) is 32.1 Å². The molecule has 1 aromatic carbocycles. The molecular weight excluding hydrogens is 314 g/mol. The van der Waals surface area contributed by atoms with Gasteiger partial charge in [-0.15, -0.1) is 0 Å². The first-order valence-electron chi connectivity index (χ1n) is 9.54. The second kappa shape index (κ2) is 8.99. The van der Waals surface area contributed by atoms with E-state index in [9.17, 15) is 9.59 Å². The van der Waals surface area contributed by atoms with Gasteiger partial charge >= 0.3 is 0 Å². The predicted octanol–water partition coefficient (Wildman–Crippen LogP) is 1.68. The lowest BCUT2D eigenvalue weighted by atomic mass is 10.1. The lowest BCUT2D eigenvalue weighted by Crippen LogP contribution is -2.40. The average Bonchev–Trinajstić information content (AvgIpc) is 3.02. The molecule has 5 heteroatoms. The number of likely N-dealkylation sites (tertiary alicyclic amines) is 2. The normalized spacial score (nSPS) is 21.5. The minimum absolute atomic E-state index is 0.0348. The zero-order chi connectivity index (χ0) is 17.5. The molecule has 0 radical (unpaired) electrons. The maximum Gasteiger partial charge on any atom is 0.225 e. The maximum absolute atomic E-state index is 12.3. The second-order valence-electron chi connectivity index (χ2n) is 7.17. The van der Waals surface area contributed by atoms with Gasteiger partial charge in [0.15, 0.2) is 0 Å². The van der Waals surface area contributed by atoms with Crippen molar-refractivity contribution in [2.24, 2.45) is 5.92 Å². The highest BCUT2D eigenvalue weighted by molar-refractivity contribution is 5.89. The summed E-state index contributed by atoms with van der Waals surface area (Å²) in [4.78, 5) is 28.8. The molecule has 0 aromatic heterocycles. The van der Waals surface area contributed by atoms with E-state index in [-0.39, 0.29) is 17.7 Å². The smallest absolute Gasteiger partial charge is 0.225 e. The van der Waals surface area contributed by atoms with Crippen LogP contribution in [-0.2, 0) is 16.0 Å². The van der Waals surface area contributed by atoms with Crippen LogP contribution in [0.4, 0.5) is 0 Å². The van der Waals surface area contributed by atoms with E-state index in [1.807, 2.05) is 23.1 Å². The standard InChI is InChI=1S/C20H29N3O2/c24-19-15-18(16-23(19)13-9-17-7-3-1-4-8-17)20(25)21-10-14-22-11-5-2-6-12-22/h1,3-4,7-8,18H,2,5-6,9-16H2,(H,21,25). The van der Waals surface area contributed by atoms with Gasteiger partial charge in [-0.1, -0.05) is 36.8 Å². The second-order valence-corrected chi connectivity index (χ2v) is 7.17. The van der Waals surface area contributed by atoms with E-state index in [0.29, 0.717) is 26.1 Å². The van der Waals surface area contributed by atoms with E-state index in [0.717, 1.165) is 26.1 Å². The molecule has 25 heavy (non-hydrogen) atoms. The SMILES string of the molecule is O=C(NCCN1CCCCC1)C1CC(=O)N(CCc2ccccc2)C1. The molecule has 2 fully saturated rings. The van der Waals surface area contributed by atoms with E-state index < -0.39 is 0 Å². The highest BCUT2D eigenvalue weighted by Gasteiger charge is 2.33. The van der Waals surface area contributed by atoms with Crippen LogP contribution in [0, 0.1) is 5.92 Å². The van der Waals surface area contributed by atoms with E-state index in [4.69, 9.17) is 0 Å². The molecule has 0 bridgehead atoms. The highest BCUT2D eigenvalue weighted by Crippen LogP contribution is 2.18. The van der Waals surface area contributed by atoms with Crippen molar-refractivity contribution in [2.75, 3.05) is 39.3 Å². The Bertz CT molecular complexity index is 570. The molecule has 1 N–H and O–H groups in total. The summed E-state index contributed by atoms with van der Waals surface area (Å²) in [7, 11) is 0. The van der Waals surface area contributed by atoms with Crippen LogP contribution in [0.25, 0.3) is 0 Å². The zero-order valence-electron chi connectivity index (χ0n) is 15.0. The first-order chi connectivity index (χ1) is 12.2. The monoisotopic (exact) mass is 343 g/mol. The summed E-state index contributed by atoms with van der Waals surface area (Å²) in [5.41, 5.74) is 1.23. The molecule has 1 aromatic rings. The molecule has 2 aliphatic heterocycles. The van der Waals surface area contributed by atoms with Gasteiger partial charge in [-0.05, 0) is 37.9 Å². The molecule has 5 nitrogen and oxygen atoms in total. The van der Waals surface area contributed by atoms with Gasteiger partial charge in [-0.25, -0.2) is 0 Å². The summed E-state index contributed by atoms with van der Waals surface area (Å²) in [5, 5.41) is 3.03. The number of carbonyl (C=O) groups is 2. The van der Waals surface area contributed by atoms with Crippen molar-refractivity contribution < 1.29 is 9.59 Å². The first-order valence-corrected chi connectivity index (χ1v) is 9.54. The Morgan fingerprint density at radius 1 is 1.08 bits per heavy atom. The van der Waals surface area contributed by atoms with E-state index >= 15 is 0 Å². The van der Waals surface area contributed by atoms with Gasteiger partial charge in [0, 0.05) is 32.6 Å². The number of piperidine rings is 1. The van der Waals surface area contributed by atoms with Crippen LogP contribution >= 0.6 is 0 Å². The van der Waals surface area contributed by atoms with Crippen LogP contribution < -0.4 is 5.32 Å². The Labute approximate surface area is 150 Å². The van der Waals surface area contributed by atoms with Crippen LogP contribution in [0.3, 0.4) is 0 Å². The van der Waals surface area contributed by atoms with Crippen molar-refractivity contribution in [1.29, 1.82) is 0 Å². The van der Waals surface area contributed by atoms with Crippen LogP contribution in [0.15, 0.2) is 30.3 Å². The summed E-state index contributed by atoms with van der Waals surface area (Å²) in [6, 6.07) is 10.2. The van der Waals surface area contributed by atoms with Crippen molar-refractivity contribution in [3.63, 3.8) is 0 Å². The molecule has 2 heterocycles. The molecule has 3 rings (SSSR count). The maximum atomic E-state index is 12.3. The van der Waals surface area contributed by atoms with Gasteiger partial charge in [0.2, 0.25) is 11.8 Å². The van der Waals surface area contributed by atoms with Gasteiger partial charge < -0.3 is 15.1 Å². The number of rotatable bonds is 7. The number of amides is 2. The predicted molar refractivity (Wildman–Crippen MR) is 98.1 cm³/mol. The van der Waals surface area contributed by atoms with Gasteiger partial charge in [-0.2, -0.15) is 0 Å². The third kappa shape index (κ3) is 5.30. The fraction of sp³-hybridized carbons (Fsp3) is 0.600. The van der Waals surface area contributed by atoms with Gasteiger partial charge in [0.1, 0.15) is 0 Å². The highest BCUT2D eigenvalue weighted by atomic mass is 16.2. The fourth-order valence-electron chi connectivity index (χ4n) is 3.74. The molecule has 0 aliphatic carbocycles. The molecule has 0 saturated carbocycles. The van der Waals surface area contributed by atoms with Crippen LogP contribution in [0.5, 0.6) is 0 Å². The van der Waals surface area contributed by atoms with Gasteiger partial charge in [-0.3, -0.25) is 9.59 Å². The number of hydrogen-bond donors (Lipinski definition) is 1. The van der Waals surface area contributed by atoms with Crippen molar-refractivity contribution in [3.05, 3.63) is 35.9 Å². The number of benzene rings is 1.